The van der Waals surface area contributed by atoms with Crippen LogP contribution in [-0.2, 0) is 30.4 Å². The number of likely N-dealkylation sites (tertiary alicyclic amines) is 1. The first kappa shape index (κ1) is 38.1. The molecule has 12 atom stereocenters. The minimum Gasteiger partial charge on any atom is -0.464 e. The molecular weight excluding hydrogens is 677 g/mol. The van der Waals surface area contributed by atoms with E-state index >= 15 is 0 Å². The van der Waals surface area contributed by atoms with Gasteiger partial charge in [-0.15, -0.1) is 0 Å². The first-order chi connectivity index (χ1) is 25.3. The number of allylic oxidation sites excluding steroid dienone is 2. The lowest BCUT2D eigenvalue weighted by molar-refractivity contribution is -0.210. The van der Waals surface area contributed by atoms with Gasteiger partial charge in [-0.2, -0.15) is 0 Å². The lowest BCUT2D eigenvalue weighted by Gasteiger charge is -2.70. The molecule has 0 amide bonds. The Hall–Kier alpha value is -2.74. The molecule has 296 valence electrons. The van der Waals surface area contributed by atoms with Crippen molar-refractivity contribution in [1.82, 2.24) is 9.47 Å². The maximum Gasteiger partial charge on any atom is 0.311 e. The highest BCUT2D eigenvalue weighted by molar-refractivity contribution is 5.95. The van der Waals surface area contributed by atoms with Crippen molar-refractivity contribution in [2.75, 3.05) is 19.7 Å². The van der Waals surface area contributed by atoms with Crippen LogP contribution >= 0.6 is 0 Å². The van der Waals surface area contributed by atoms with Gasteiger partial charge in [0.1, 0.15) is 12.7 Å². The van der Waals surface area contributed by atoms with Crippen LogP contribution in [0.25, 0.3) is 0 Å². The normalized spacial score (nSPS) is 44.2. The van der Waals surface area contributed by atoms with E-state index in [9.17, 15) is 19.2 Å². The summed E-state index contributed by atoms with van der Waals surface area (Å²) in [6, 6.07) is 5.74. The number of fused-ring (bicyclic) bond motifs is 11. The molecule has 8 heteroatoms. The summed E-state index contributed by atoms with van der Waals surface area (Å²) >= 11 is 0. The zero-order valence-corrected chi connectivity index (χ0v) is 34.6. The van der Waals surface area contributed by atoms with E-state index in [1.165, 1.54) is 12.5 Å². The van der Waals surface area contributed by atoms with Crippen molar-refractivity contribution < 1.29 is 23.9 Å². The van der Waals surface area contributed by atoms with E-state index in [-0.39, 0.29) is 80.3 Å². The molecule has 3 unspecified atom stereocenters. The Morgan fingerprint density at radius 1 is 0.907 bits per heavy atom. The highest BCUT2D eigenvalue weighted by atomic mass is 16.5. The fraction of sp³-hybridized carbons (Fsp3) is 0.783. The molecule has 54 heavy (non-hydrogen) atoms. The van der Waals surface area contributed by atoms with Crippen LogP contribution in [0.1, 0.15) is 138 Å². The highest BCUT2D eigenvalue weighted by Gasteiger charge is 2.70. The maximum absolute atomic E-state index is 14.8. The standard InChI is InChI=1S/C46H66N2O6/c1-28(47-24-30-21-31(26-47)34-11-10-12-38(51)48(34)25-30)27-53-40(52)43(6)18-17-42(5)19-20-45(8)32(33(42)23-43)22-35(50)39-44(7)15-14-37(54-29(2)49)41(3,4)36(44)13-16-46(39,45)9/h10-12,22,28,30-31,33,36-37,39H,13-21,23-27H2,1-9H3/t28?,30-,31+,33+,36+,37?,39-,42-,43?,44+,45-,46-/m1/s1. The van der Waals surface area contributed by atoms with Crippen molar-refractivity contribution in [3.05, 3.63) is 45.9 Å². The number of hydrogen-bond acceptors (Lipinski definition) is 7. The quantitative estimate of drug-likeness (QED) is 0.282. The summed E-state index contributed by atoms with van der Waals surface area (Å²) in [7, 11) is 0. The van der Waals surface area contributed by atoms with Crippen LogP contribution in [0, 0.1) is 56.2 Å². The number of ketones is 1. The lowest BCUT2D eigenvalue weighted by Crippen LogP contribution is -2.66. The second-order valence-electron chi connectivity index (χ2n) is 21.3. The number of rotatable bonds is 5. The number of carbonyl (C=O) groups is 3. The minimum absolute atomic E-state index is 0.0525. The third-order valence-corrected chi connectivity index (χ3v) is 17.9. The van der Waals surface area contributed by atoms with Gasteiger partial charge >= 0.3 is 11.9 Å². The average Bonchev–Trinajstić information content (AvgIpc) is 3.10. The molecule has 2 aliphatic heterocycles. The smallest absolute Gasteiger partial charge is 0.311 e. The number of aromatic nitrogens is 1. The third kappa shape index (κ3) is 5.51. The van der Waals surface area contributed by atoms with Crippen LogP contribution in [0.15, 0.2) is 34.6 Å². The Balaban J connectivity index is 1.00. The Labute approximate surface area is 323 Å². The molecule has 0 spiro atoms. The summed E-state index contributed by atoms with van der Waals surface area (Å²) < 4.78 is 14.2. The van der Waals surface area contributed by atoms with E-state index in [2.05, 4.69) is 72.4 Å². The molecule has 5 fully saturated rings. The van der Waals surface area contributed by atoms with Crippen LogP contribution in [0.4, 0.5) is 0 Å². The fourth-order valence-corrected chi connectivity index (χ4v) is 14.5. The molecule has 3 heterocycles. The van der Waals surface area contributed by atoms with Gasteiger partial charge in [-0.25, -0.2) is 0 Å². The molecule has 0 N–H and O–H groups in total. The van der Waals surface area contributed by atoms with Gasteiger partial charge in [0.05, 0.1) is 5.41 Å². The number of nitrogens with zero attached hydrogens (tertiary/aromatic N) is 2. The van der Waals surface area contributed by atoms with Gasteiger partial charge < -0.3 is 14.0 Å². The van der Waals surface area contributed by atoms with Gasteiger partial charge in [0.25, 0.3) is 5.56 Å². The Kier molecular flexibility index (Phi) is 8.92. The van der Waals surface area contributed by atoms with Crippen molar-refractivity contribution in [1.29, 1.82) is 0 Å². The van der Waals surface area contributed by atoms with Gasteiger partial charge in [0.2, 0.25) is 0 Å². The van der Waals surface area contributed by atoms with Gasteiger partial charge in [-0.3, -0.25) is 24.1 Å². The highest BCUT2D eigenvalue weighted by Crippen LogP contribution is 2.75. The molecule has 5 aliphatic carbocycles. The van der Waals surface area contributed by atoms with E-state index in [0.717, 1.165) is 89.5 Å². The number of ether oxygens (including phenoxy) is 2. The molecule has 0 radical (unpaired) electrons. The predicted octanol–water partition coefficient (Wildman–Crippen LogP) is 8.11. The summed E-state index contributed by atoms with van der Waals surface area (Å²) in [4.78, 5) is 56.2. The van der Waals surface area contributed by atoms with Gasteiger partial charge in [0, 0.05) is 61.6 Å². The number of piperidine rings is 1. The molecule has 0 aromatic carbocycles. The lowest BCUT2D eigenvalue weighted by atomic mass is 9.33. The maximum atomic E-state index is 14.8. The number of esters is 2. The summed E-state index contributed by atoms with van der Waals surface area (Å²) in [6.07, 6.45) is 11.4. The van der Waals surface area contributed by atoms with E-state index in [4.69, 9.17) is 9.47 Å². The van der Waals surface area contributed by atoms with Crippen LogP contribution < -0.4 is 5.56 Å². The number of carbonyl (C=O) groups excluding carboxylic acids is 3. The molecule has 7 aliphatic rings. The van der Waals surface area contributed by atoms with Crippen LogP contribution in [0.5, 0.6) is 0 Å². The predicted molar refractivity (Wildman–Crippen MR) is 209 cm³/mol. The van der Waals surface area contributed by atoms with Crippen molar-refractivity contribution in [3.63, 3.8) is 0 Å². The van der Waals surface area contributed by atoms with Gasteiger partial charge in [-0.05, 0) is 130 Å². The van der Waals surface area contributed by atoms with Crippen LogP contribution in [0.3, 0.4) is 0 Å². The monoisotopic (exact) mass is 742 g/mol. The van der Waals surface area contributed by atoms with E-state index in [0.29, 0.717) is 18.4 Å². The molecule has 8 nitrogen and oxygen atoms in total. The van der Waals surface area contributed by atoms with Gasteiger partial charge in [0.15, 0.2) is 5.78 Å². The zero-order chi connectivity index (χ0) is 38.8. The fourth-order valence-electron chi connectivity index (χ4n) is 14.5. The van der Waals surface area contributed by atoms with Crippen molar-refractivity contribution >= 4 is 17.7 Å². The summed E-state index contributed by atoms with van der Waals surface area (Å²) in [6.45, 7) is 22.9. The van der Waals surface area contributed by atoms with Gasteiger partial charge in [-0.1, -0.05) is 53.2 Å². The second-order valence-corrected chi connectivity index (χ2v) is 21.3. The van der Waals surface area contributed by atoms with Crippen molar-refractivity contribution in [3.8, 4) is 0 Å². The number of hydrogen-bond donors (Lipinski definition) is 0. The summed E-state index contributed by atoms with van der Waals surface area (Å²) in [5, 5.41) is 0. The SMILES string of the molecule is CC(=O)OC1CC[C@]2(C)[C@H]3C(=O)C=C4[C@@H]5CC(C)(C(=O)OCC(C)N6C[C@H]7C[C@@H](C6)c6cccc(=O)n6C7)CC[C@]5(C)CC[C@@]4(C)[C@]3(C)CC[C@H]2C1(C)C. The average molecular weight is 743 g/mol. The summed E-state index contributed by atoms with van der Waals surface area (Å²) in [5.74, 6) is 1.10. The molecule has 1 saturated heterocycles. The number of pyridine rings is 1. The Morgan fingerprint density at radius 2 is 1.65 bits per heavy atom. The van der Waals surface area contributed by atoms with E-state index in [1.807, 2.05) is 10.6 Å². The van der Waals surface area contributed by atoms with E-state index < -0.39 is 5.41 Å². The van der Waals surface area contributed by atoms with E-state index in [1.54, 1.807) is 6.07 Å². The topological polar surface area (TPSA) is 94.9 Å². The van der Waals surface area contributed by atoms with Crippen LogP contribution in [0.2, 0.25) is 0 Å². The first-order valence-electron chi connectivity index (χ1n) is 21.3. The van der Waals surface area contributed by atoms with Crippen molar-refractivity contribution in [2.45, 2.75) is 151 Å². The minimum atomic E-state index is -0.606. The zero-order valence-electron chi connectivity index (χ0n) is 34.6. The third-order valence-electron chi connectivity index (χ3n) is 17.9. The van der Waals surface area contributed by atoms with Crippen LogP contribution in [-0.4, -0.2) is 59.0 Å². The van der Waals surface area contributed by atoms with Crippen molar-refractivity contribution in [2.24, 2.45) is 56.2 Å². The Bertz CT molecular complexity index is 1830. The molecule has 2 bridgehead atoms. The largest absolute Gasteiger partial charge is 0.464 e. The molecule has 8 rings (SSSR count). The first-order valence-corrected chi connectivity index (χ1v) is 21.3. The Morgan fingerprint density at radius 3 is 2.39 bits per heavy atom. The second kappa shape index (κ2) is 12.6. The molecule has 1 aromatic heterocycles. The molecular formula is C46H66N2O6. The summed E-state index contributed by atoms with van der Waals surface area (Å²) in [5.41, 5.74) is 1.29. The molecule has 4 saturated carbocycles. The molecule has 1 aromatic rings.